The Balaban J connectivity index is 0.000000720. The Hall–Kier alpha value is -0.266. The summed E-state index contributed by atoms with van der Waals surface area (Å²) in [6.07, 6.45) is 3.64. The van der Waals surface area contributed by atoms with Crippen LogP contribution in [-0.2, 0) is 32.7 Å². The molecular weight excluding hydrogens is 223 g/mol. The van der Waals surface area contributed by atoms with Crippen LogP contribution in [0.5, 0.6) is 0 Å². The van der Waals surface area contributed by atoms with Gasteiger partial charge in [-0.2, -0.15) is 0 Å². The van der Waals surface area contributed by atoms with E-state index in [9.17, 15) is 0 Å². The molecule has 0 fully saturated rings. The molecule has 57 valence electrons. The molecule has 12 heavy (non-hydrogen) atoms. The first kappa shape index (κ1) is 9.82. The SMILES string of the molecule is Cc1cc[c-]c2cnccc12.[Y]. The van der Waals surface area contributed by atoms with Crippen molar-refractivity contribution in [2.45, 2.75) is 6.92 Å². The predicted molar refractivity (Wildman–Crippen MR) is 45.3 cm³/mol. The first-order chi connectivity index (χ1) is 5.38. The molecule has 0 atom stereocenters. The van der Waals surface area contributed by atoms with Crippen LogP contribution in [-0.4, -0.2) is 4.98 Å². The van der Waals surface area contributed by atoms with Crippen molar-refractivity contribution in [3.8, 4) is 0 Å². The minimum atomic E-state index is 0. The molecule has 0 aliphatic rings. The summed E-state index contributed by atoms with van der Waals surface area (Å²) in [5.41, 5.74) is 1.28. The molecule has 1 heterocycles. The molecule has 1 aromatic heterocycles. The minimum Gasteiger partial charge on any atom is -0.313 e. The Kier molecular flexibility index (Phi) is 3.36. The summed E-state index contributed by atoms with van der Waals surface area (Å²) in [5.74, 6) is 0. The molecule has 1 nitrogen and oxygen atoms in total. The summed E-state index contributed by atoms with van der Waals surface area (Å²) in [6.45, 7) is 2.09. The molecule has 0 aliphatic carbocycles. The number of nitrogens with zero attached hydrogens (tertiary/aromatic N) is 1. The number of aryl methyl sites for hydroxylation is 1. The molecule has 1 radical (unpaired) electrons. The Morgan fingerprint density at radius 2 is 2.17 bits per heavy atom. The van der Waals surface area contributed by atoms with Crippen molar-refractivity contribution >= 4 is 10.8 Å². The van der Waals surface area contributed by atoms with Crippen LogP contribution in [0.25, 0.3) is 10.8 Å². The molecule has 2 heteroatoms. The van der Waals surface area contributed by atoms with Crippen LogP contribution in [0.15, 0.2) is 30.6 Å². The first-order valence-corrected chi connectivity index (χ1v) is 3.59. The van der Waals surface area contributed by atoms with Crippen molar-refractivity contribution in [3.05, 3.63) is 42.2 Å². The van der Waals surface area contributed by atoms with Gasteiger partial charge in [-0.1, -0.05) is 13.0 Å². The monoisotopic (exact) mass is 231 g/mol. The van der Waals surface area contributed by atoms with E-state index in [1.165, 1.54) is 10.9 Å². The van der Waals surface area contributed by atoms with Gasteiger partial charge in [0.25, 0.3) is 0 Å². The van der Waals surface area contributed by atoms with Gasteiger partial charge >= 0.3 is 0 Å². The van der Waals surface area contributed by atoms with Crippen LogP contribution in [0, 0.1) is 13.0 Å². The third-order valence-electron chi connectivity index (χ3n) is 1.82. The zero-order chi connectivity index (χ0) is 7.68. The van der Waals surface area contributed by atoms with E-state index in [4.69, 9.17) is 0 Å². The zero-order valence-electron chi connectivity index (χ0n) is 6.91. The number of rotatable bonds is 0. The van der Waals surface area contributed by atoms with Gasteiger partial charge in [0.2, 0.25) is 0 Å². The van der Waals surface area contributed by atoms with E-state index in [1.807, 2.05) is 24.5 Å². The van der Waals surface area contributed by atoms with Gasteiger partial charge in [-0.3, -0.25) is 0 Å². The fourth-order valence-electron chi connectivity index (χ4n) is 1.20. The van der Waals surface area contributed by atoms with E-state index in [0.29, 0.717) is 0 Å². The summed E-state index contributed by atoms with van der Waals surface area (Å²) in [5, 5.41) is 2.33. The van der Waals surface area contributed by atoms with E-state index in [2.05, 4.69) is 24.0 Å². The van der Waals surface area contributed by atoms with Gasteiger partial charge in [-0.05, 0) is 6.20 Å². The number of hydrogen-bond donors (Lipinski definition) is 0. The third kappa shape index (κ3) is 1.73. The third-order valence-corrected chi connectivity index (χ3v) is 1.82. The molecule has 0 N–H and O–H groups in total. The Morgan fingerprint density at radius 1 is 1.33 bits per heavy atom. The average Bonchev–Trinajstić information content (AvgIpc) is 2.06. The summed E-state index contributed by atoms with van der Waals surface area (Å²) >= 11 is 0. The van der Waals surface area contributed by atoms with Gasteiger partial charge in [-0.15, -0.1) is 34.5 Å². The van der Waals surface area contributed by atoms with Gasteiger partial charge in [0.05, 0.1) is 0 Å². The normalized spacial score (nSPS) is 9.42. The Morgan fingerprint density at radius 3 is 2.92 bits per heavy atom. The second kappa shape index (κ2) is 4.11. The Labute approximate surface area is 97.1 Å². The average molecular weight is 231 g/mol. The van der Waals surface area contributed by atoms with Crippen molar-refractivity contribution in [1.82, 2.24) is 4.98 Å². The smallest absolute Gasteiger partial charge is 0.00673 e. The standard InChI is InChI=1S/C10H8N.Y/c1-8-3-2-4-9-7-11-6-5-10(8)9;/h2-3,5-7H,1H3;/q-1;. The van der Waals surface area contributed by atoms with E-state index in [0.717, 1.165) is 5.39 Å². The van der Waals surface area contributed by atoms with Gasteiger partial charge in [0.1, 0.15) is 0 Å². The number of aromatic nitrogens is 1. The number of fused-ring (bicyclic) bond motifs is 1. The second-order valence-corrected chi connectivity index (χ2v) is 2.58. The maximum Gasteiger partial charge on any atom is 0.00673 e. The molecule has 0 spiro atoms. The molecule has 2 rings (SSSR count). The Bertz CT molecular complexity index is 379. The van der Waals surface area contributed by atoms with Crippen LogP contribution in [0.3, 0.4) is 0 Å². The summed E-state index contributed by atoms with van der Waals surface area (Å²) in [6, 6.07) is 9.13. The summed E-state index contributed by atoms with van der Waals surface area (Å²) in [7, 11) is 0. The molecule has 0 saturated heterocycles. The maximum atomic E-state index is 4.02. The van der Waals surface area contributed by atoms with Gasteiger partial charge < -0.3 is 4.98 Å². The van der Waals surface area contributed by atoms with Crippen molar-refractivity contribution in [2.24, 2.45) is 0 Å². The van der Waals surface area contributed by atoms with Gasteiger partial charge in [-0.25, -0.2) is 0 Å². The molecular formula is C10H8NY-. The van der Waals surface area contributed by atoms with E-state index >= 15 is 0 Å². The molecule has 0 aliphatic heterocycles. The molecule has 2 aromatic rings. The largest absolute Gasteiger partial charge is 0.313 e. The fourth-order valence-corrected chi connectivity index (χ4v) is 1.20. The van der Waals surface area contributed by atoms with E-state index < -0.39 is 0 Å². The maximum absolute atomic E-state index is 4.02. The van der Waals surface area contributed by atoms with Crippen LogP contribution >= 0.6 is 0 Å². The van der Waals surface area contributed by atoms with Gasteiger partial charge in [0.15, 0.2) is 0 Å². The molecule has 0 amide bonds. The van der Waals surface area contributed by atoms with Crippen molar-refractivity contribution < 1.29 is 32.7 Å². The van der Waals surface area contributed by atoms with Crippen LogP contribution in [0.4, 0.5) is 0 Å². The van der Waals surface area contributed by atoms with Gasteiger partial charge in [0, 0.05) is 38.9 Å². The predicted octanol–water partition coefficient (Wildman–Crippen LogP) is 2.34. The fraction of sp³-hybridized carbons (Fsp3) is 0.100. The molecule has 0 saturated carbocycles. The molecule has 1 aromatic carbocycles. The first-order valence-electron chi connectivity index (χ1n) is 3.59. The van der Waals surface area contributed by atoms with Crippen LogP contribution in [0.2, 0.25) is 0 Å². The topological polar surface area (TPSA) is 12.9 Å². The van der Waals surface area contributed by atoms with Crippen molar-refractivity contribution in [3.63, 3.8) is 0 Å². The minimum absolute atomic E-state index is 0. The summed E-state index contributed by atoms with van der Waals surface area (Å²) < 4.78 is 0. The number of benzene rings is 1. The second-order valence-electron chi connectivity index (χ2n) is 2.58. The van der Waals surface area contributed by atoms with Crippen molar-refractivity contribution in [1.29, 1.82) is 0 Å². The quantitative estimate of drug-likeness (QED) is 0.634. The summed E-state index contributed by atoms with van der Waals surface area (Å²) in [4.78, 5) is 4.02. The molecule has 0 unspecified atom stereocenters. The van der Waals surface area contributed by atoms with Crippen molar-refractivity contribution in [2.75, 3.05) is 0 Å². The van der Waals surface area contributed by atoms with E-state index in [-0.39, 0.29) is 32.7 Å². The van der Waals surface area contributed by atoms with Crippen LogP contribution in [0.1, 0.15) is 5.56 Å². The zero-order valence-corrected chi connectivity index (χ0v) is 9.75. The number of pyridine rings is 1. The van der Waals surface area contributed by atoms with Crippen LogP contribution < -0.4 is 0 Å². The number of hydrogen-bond acceptors (Lipinski definition) is 1. The molecule has 0 bridgehead atoms. The van der Waals surface area contributed by atoms with E-state index in [1.54, 1.807) is 0 Å².